The molecule has 1 unspecified atom stereocenters. The molecule has 2 N–H and O–H groups in total. The number of hydrogen-bond acceptors (Lipinski definition) is 3. The Morgan fingerprint density at radius 3 is 2.84 bits per heavy atom. The molecule has 0 radical (unpaired) electrons. The second-order valence-electron chi connectivity index (χ2n) is 5.09. The highest BCUT2D eigenvalue weighted by atomic mass is 16.3. The molecule has 0 aromatic heterocycles. The average Bonchev–Trinajstić information content (AvgIpc) is 2.45. The Balaban J connectivity index is 1.96. The van der Waals surface area contributed by atoms with Crippen LogP contribution in [0.4, 0.5) is 0 Å². The van der Waals surface area contributed by atoms with Crippen molar-refractivity contribution in [3.8, 4) is 5.75 Å². The van der Waals surface area contributed by atoms with Crippen molar-refractivity contribution >= 4 is 5.91 Å². The van der Waals surface area contributed by atoms with Gasteiger partial charge in [-0.2, -0.15) is 0 Å². The number of aromatic hydroxyl groups is 1. The minimum absolute atomic E-state index is 0.0583. The number of hydrogen-bond donors (Lipinski definition) is 2. The maximum absolute atomic E-state index is 12.3. The van der Waals surface area contributed by atoms with Crippen molar-refractivity contribution < 1.29 is 9.90 Å². The molecule has 0 saturated carbocycles. The maximum atomic E-state index is 12.3. The van der Waals surface area contributed by atoms with E-state index in [9.17, 15) is 9.90 Å². The highest BCUT2D eigenvalue weighted by Crippen LogP contribution is 2.16. The molecular weight excluding hydrogens is 240 g/mol. The lowest BCUT2D eigenvalue weighted by Gasteiger charge is -2.33. The van der Waals surface area contributed by atoms with Crippen molar-refractivity contribution in [1.29, 1.82) is 0 Å². The van der Waals surface area contributed by atoms with Crippen LogP contribution in [0, 0.1) is 0 Å². The first-order chi connectivity index (χ1) is 9.20. The minimum atomic E-state index is 0.0583. The van der Waals surface area contributed by atoms with Crippen molar-refractivity contribution in [2.24, 2.45) is 0 Å². The number of phenols is 1. The number of carbonyl (C=O) groups excluding carboxylic acids is 1. The fourth-order valence-corrected chi connectivity index (χ4v) is 2.46. The van der Waals surface area contributed by atoms with Crippen molar-refractivity contribution in [1.82, 2.24) is 10.2 Å². The van der Waals surface area contributed by atoms with Gasteiger partial charge in [0.05, 0.1) is 0 Å². The Morgan fingerprint density at radius 2 is 2.16 bits per heavy atom. The van der Waals surface area contributed by atoms with Crippen LogP contribution in [0.25, 0.3) is 0 Å². The van der Waals surface area contributed by atoms with Gasteiger partial charge >= 0.3 is 0 Å². The number of rotatable bonds is 4. The van der Waals surface area contributed by atoms with Gasteiger partial charge in [0.15, 0.2) is 0 Å². The lowest BCUT2D eigenvalue weighted by atomic mass is 10.0. The number of phenolic OH excluding ortho intramolecular Hbond substituents is 1. The normalized spacial score (nSPS) is 19.4. The quantitative estimate of drug-likeness (QED) is 0.872. The van der Waals surface area contributed by atoms with E-state index in [-0.39, 0.29) is 11.7 Å². The molecule has 0 bridgehead atoms. The Kier molecular flexibility index (Phi) is 4.80. The van der Waals surface area contributed by atoms with E-state index >= 15 is 0 Å². The number of benzene rings is 1. The summed E-state index contributed by atoms with van der Waals surface area (Å²) in [7, 11) is 0. The van der Waals surface area contributed by atoms with E-state index in [1.165, 1.54) is 0 Å². The molecule has 4 nitrogen and oxygen atoms in total. The Morgan fingerprint density at radius 1 is 1.42 bits per heavy atom. The van der Waals surface area contributed by atoms with Gasteiger partial charge in [0.1, 0.15) is 5.75 Å². The molecule has 1 fully saturated rings. The zero-order valence-electron chi connectivity index (χ0n) is 11.4. The molecule has 1 atom stereocenters. The number of carbonyl (C=O) groups is 1. The zero-order valence-corrected chi connectivity index (χ0v) is 11.4. The van der Waals surface area contributed by atoms with Gasteiger partial charge in [-0.3, -0.25) is 4.79 Å². The molecule has 0 aliphatic carbocycles. The standard InChI is InChI=1S/C15H22N2O2/c1-2-9-16-13-4-3-10-17(11-13)15(19)12-5-7-14(18)8-6-12/h5-8,13,16,18H,2-4,9-11H2,1H3. The summed E-state index contributed by atoms with van der Waals surface area (Å²) in [4.78, 5) is 14.3. The number of piperidine rings is 1. The van der Waals surface area contributed by atoms with Crippen LogP contribution in [0.15, 0.2) is 24.3 Å². The van der Waals surface area contributed by atoms with Crippen molar-refractivity contribution in [2.45, 2.75) is 32.2 Å². The summed E-state index contributed by atoms with van der Waals surface area (Å²) in [6.45, 7) is 4.75. The van der Waals surface area contributed by atoms with E-state index in [0.717, 1.165) is 38.9 Å². The van der Waals surface area contributed by atoms with Crippen LogP contribution in [-0.2, 0) is 0 Å². The maximum Gasteiger partial charge on any atom is 0.253 e. The van der Waals surface area contributed by atoms with Crippen LogP contribution in [0.3, 0.4) is 0 Å². The monoisotopic (exact) mass is 262 g/mol. The molecular formula is C15H22N2O2. The van der Waals surface area contributed by atoms with Crippen LogP contribution in [-0.4, -0.2) is 41.6 Å². The largest absolute Gasteiger partial charge is 0.508 e. The van der Waals surface area contributed by atoms with E-state index in [2.05, 4.69) is 12.2 Å². The van der Waals surface area contributed by atoms with E-state index in [1.54, 1.807) is 24.3 Å². The van der Waals surface area contributed by atoms with Gasteiger partial charge in [-0.15, -0.1) is 0 Å². The summed E-state index contributed by atoms with van der Waals surface area (Å²) < 4.78 is 0. The molecule has 1 heterocycles. The number of amides is 1. The van der Waals surface area contributed by atoms with Crippen LogP contribution in [0.2, 0.25) is 0 Å². The molecule has 1 aliphatic rings. The highest BCUT2D eigenvalue weighted by Gasteiger charge is 2.23. The molecule has 1 aromatic carbocycles. The molecule has 0 spiro atoms. The van der Waals surface area contributed by atoms with Crippen molar-refractivity contribution in [3.63, 3.8) is 0 Å². The molecule has 1 amide bonds. The Hall–Kier alpha value is -1.55. The third kappa shape index (κ3) is 3.70. The number of nitrogens with one attached hydrogen (secondary N) is 1. The smallest absolute Gasteiger partial charge is 0.253 e. The Bertz CT molecular complexity index is 417. The molecule has 104 valence electrons. The third-order valence-corrected chi connectivity index (χ3v) is 3.51. The first-order valence-corrected chi connectivity index (χ1v) is 7.02. The lowest BCUT2D eigenvalue weighted by Crippen LogP contribution is -2.48. The molecule has 2 rings (SSSR count). The van der Waals surface area contributed by atoms with Gasteiger partial charge in [-0.1, -0.05) is 6.92 Å². The van der Waals surface area contributed by atoms with Crippen LogP contribution < -0.4 is 5.32 Å². The first kappa shape index (κ1) is 13.9. The fraction of sp³-hybridized carbons (Fsp3) is 0.533. The van der Waals surface area contributed by atoms with Gasteiger partial charge in [-0.25, -0.2) is 0 Å². The summed E-state index contributed by atoms with van der Waals surface area (Å²) in [5.41, 5.74) is 0.647. The average molecular weight is 262 g/mol. The van der Waals surface area contributed by atoms with E-state index in [0.29, 0.717) is 11.6 Å². The predicted octanol–water partition coefficient (Wildman–Crippen LogP) is 2.00. The SMILES string of the molecule is CCCNC1CCCN(C(=O)c2ccc(O)cc2)C1. The van der Waals surface area contributed by atoms with Crippen LogP contribution >= 0.6 is 0 Å². The third-order valence-electron chi connectivity index (χ3n) is 3.51. The van der Waals surface area contributed by atoms with Gasteiger partial charge in [0, 0.05) is 24.7 Å². The van der Waals surface area contributed by atoms with Crippen LogP contribution in [0.5, 0.6) is 5.75 Å². The van der Waals surface area contributed by atoms with Gasteiger partial charge in [0.25, 0.3) is 5.91 Å². The van der Waals surface area contributed by atoms with E-state index < -0.39 is 0 Å². The Labute approximate surface area is 114 Å². The second kappa shape index (κ2) is 6.57. The summed E-state index contributed by atoms with van der Waals surface area (Å²) >= 11 is 0. The second-order valence-corrected chi connectivity index (χ2v) is 5.09. The number of likely N-dealkylation sites (tertiary alicyclic amines) is 1. The molecule has 19 heavy (non-hydrogen) atoms. The number of nitrogens with zero attached hydrogens (tertiary/aromatic N) is 1. The summed E-state index contributed by atoms with van der Waals surface area (Å²) in [6, 6.07) is 6.89. The fourth-order valence-electron chi connectivity index (χ4n) is 2.46. The summed E-state index contributed by atoms with van der Waals surface area (Å²) in [6.07, 6.45) is 3.30. The molecule has 1 saturated heterocycles. The summed E-state index contributed by atoms with van der Waals surface area (Å²) in [5, 5.41) is 12.7. The van der Waals surface area contributed by atoms with Gasteiger partial charge in [0.2, 0.25) is 0 Å². The molecule has 1 aromatic rings. The predicted molar refractivity (Wildman–Crippen MR) is 75.3 cm³/mol. The minimum Gasteiger partial charge on any atom is -0.508 e. The lowest BCUT2D eigenvalue weighted by molar-refractivity contribution is 0.0695. The van der Waals surface area contributed by atoms with Crippen molar-refractivity contribution in [3.05, 3.63) is 29.8 Å². The highest BCUT2D eigenvalue weighted by molar-refractivity contribution is 5.94. The van der Waals surface area contributed by atoms with Gasteiger partial charge < -0.3 is 15.3 Å². The van der Waals surface area contributed by atoms with E-state index in [4.69, 9.17) is 0 Å². The van der Waals surface area contributed by atoms with Gasteiger partial charge in [-0.05, 0) is 50.1 Å². The molecule has 4 heteroatoms. The molecule has 1 aliphatic heterocycles. The summed E-state index contributed by atoms with van der Waals surface area (Å²) in [5.74, 6) is 0.251. The van der Waals surface area contributed by atoms with Crippen LogP contribution in [0.1, 0.15) is 36.5 Å². The zero-order chi connectivity index (χ0) is 13.7. The first-order valence-electron chi connectivity index (χ1n) is 7.02. The van der Waals surface area contributed by atoms with E-state index in [1.807, 2.05) is 4.90 Å². The van der Waals surface area contributed by atoms with Crippen molar-refractivity contribution in [2.75, 3.05) is 19.6 Å². The topological polar surface area (TPSA) is 52.6 Å².